The molecule has 8 heteroatoms. The van der Waals surface area contributed by atoms with Crippen molar-refractivity contribution in [1.29, 1.82) is 0 Å². The summed E-state index contributed by atoms with van der Waals surface area (Å²) >= 11 is 2.83. The quantitative estimate of drug-likeness (QED) is 0.429. The lowest BCUT2D eigenvalue weighted by Crippen LogP contribution is -2.22. The van der Waals surface area contributed by atoms with E-state index in [1.165, 1.54) is 23.9 Å². The van der Waals surface area contributed by atoms with Crippen LogP contribution in [0.2, 0.25) is 0 Å². The molecule has 2 unspecified atom stereocenters. The Hall–Kier alpha value is -1.25. The molecule has 0 bridgehead atoms. The number of hydrogen-bond donors (Lipinski definition) is 2. The summed E-state index contributed by atoms with van der Waals surface area (Å²) in [7, 11) is 0. The van der Waals surface area contributed by atoms with E-state index >= 15 is 0 Å². The minimum absolute atomic E-state index is 0.000660. The SMILES string of the molecule is CSCC(O)C(C)CSc1ccc([N+](=O)[O-])cc1C(=O)O. The van der Waals surface area contributed by atoms with Crippen molar-refractivity contribution in [3.8, 4) is 0 Å². The van der Waals surface area contributed by atoms with Gasteiger partial charge in [-0.3, -0.25) is 10.1 Å². The van der Waals surface area contributed by atoms with Crippen LogP contribution in [-0.2, 0) is 0 Å². The largest absolute Gasteiger partial charge is 0.478 e. The molecule has 0 aromatic heterocycles. The van der Waals surface area contributed by atoms with Gasteiger partial charge >= 0.3 is 5.97 Å². The summed E-state index contributed by atoms with van der Waals surface area (Å²) in [5, 5.41) is 29.7. The highest BCUT2D eigenvalue weighted by molar-refractivity contribution is 7.99. The van der Waals surface area contributed by atoms with Crippen LogP contribution in [-0.4, -0.2) is 45.0 Å². The molecule has 1 aromatic carbocycles. The van der Waals surface area contributed by atoms with Crippen molar-refractivity contribution in [3.05, 3.63) is 33.9 Å². The number of rotatable bonds is 8. The summed E-state index contributed by atoms with van der Waals surface area (Å²) in [6.07, 6.45) is 1.45. The molecule has 21 heavy (non-hydrogen) atoms. The maximum Gasteiger partial charge on any atom is 0.337 e. The summed E-state index contributed by atoms with van der Waals surface area (Å²) in [5.41, 5.74) is -0.326. The molecule has 0 saturated heterocycles. The van der Waals surface area contributed by atoms with Crippen molar-refractivity contribution in [2.75, 3.05) is 17.8 Å². The molecule has 6 nitrogen and oxygen atoms in total. The van der Waals surface area contributed by atoms with E-state index in [0.29, 0.717) is 16.4 Å². The van der Waals surface area contributed by atoms with E-state index < -0.39 is 17.0 Å². The highest BCUT2D eigenvalue weighted by atomic mass is 32.2. The smallest absolute Gasteiger partial charge is 0.337 e. The van der Waals surface area contributed by atoms with E-state index in [4.69, 9.17) is 5.11 Å². The van der Waals surface area contributed by atoms with Gasteiger partial charge in [0.25, 0.3) is 5.69 Å². The highest BCUT2D eigenvalue weighted by Crippen LogP contribution is 2.29. The number of aliphatic hydroxyl groups is 1. The number of nitro groups is 1. The molecular formula is C13H17NO5S2. The van der Waals surface area contributed by atoms with E-state index in [9.17, 15) is 20.0 Å². The fourth-order valence-electron chi connectivity index (χ4n) is 1.59. The Bertz CT molecular complexity index is 523. The number of carbonyl (C=O) groups is 1. The molecule has 2 N–H and O–H groups in total. The molecule has 0 amide bonds. The van der Waals surface area contributed by atoms with Crippen LogP contribution in [0.1, 0.15) is 17.3 Å². The Morgan fingerprint density at radius 3 is 2.62 bits per heavy atom. The van der Waals surface area contributed by atoms with Gasteiger partial charge in [0.1, 0.15) is 0 Å². The summed E-state index contributed by atoms with van der Waals surface area (Å²) in [4.78, 5) is 21.7. The van der Waals surface area contributed by atoms with E-state index in [2.05, 4.69) is 0 Å². The second-order valence-electron chi connectivity index (χ2n) is 4.55. The number of non-ortho nitro benzene ring substituents is 1. The zero-order valence-electron chi connectivity index (χ0n) is 11.7. The van der Waals surface area contributed by atoms with E-state index in [0.717, 1.165) is 6.07 Å². The summed E-state index contributed by atoms with van der Waals surface area (Å²) in [6, 6.07) is 3.80. The van der Waals surface area contributed by atoms with Gasteiger partial charge in [-0.1, -0.05) is 6.92 Å². The molecule has 0 saturated carbocycles. The molecule has 0 aliphatic heterocycles. The molecule has 0 radical (unpaired) electrons. The standard InChI is InChI=1S/C13H17NO5S2/c1-8(11(15)7-20-2)6-21-12-4-3-9(14(18)19)5-10(12)13(16)17/h3-5,8,11,15H,6-7H2,1-2H3,(H,16,17). The molecule has 0 aliphatic carbocycles. The van der Waals surface area contributed by atoms with E-state index in [1.807, 2.05) is 13.2 Å². The Labute approximate surface area is 131 Å². The fraction of sp³-hybridized carbons (Fsp3) is 0.462. The third kappa shape index (κ3) is 5.22. The molecule has 1 aromatic rings. The number of nitrogens with zero attached hydrogens (tertiary/aromatic N) is 1. The third-order valence-corrected chi connectivity index (χ3v) is 4.93. The molecule has 1 rings (SSSR count). The Morgan fingerprint density at radius 1 is 1.43 bits per heavy atom. The van der Waals surface area contributed by atoms with Crippen LogP contribution in [0.5, 0.6) is 0 Å². The van der Waals surface area contributed by atoms with E-state index in [1.54, 1.807) is 11.8 Å². The monoisotopic (exact) mass is 331 g/mol. The minimum Gasteiger partial charge on any atom is -0.478 e. The highest BCUT2D eigenvalue weighted by Gasteiger charge is 2.19. The number of hydrogen-bond acceptors (Lipinski definition) is 6. The summed E-state index contributed by atoms with van der Waals surface area (Å²) in [5.74, 6) is -0.0362. The zero-order valence-corrected chi connectivity index (χ0v) is 13.3. The van der Waals surface area contributed by atoms with Gasteiger partial charge < -0.3 is 10.2 Å². The minimum atomic E-state index is -1.20. The van der Waals surface area contributed by atoms with Gasteiger partial charge in [0.05, 0.1) is 16.6 Å². The first-order valence-corrected chi connectivity index (χ1v) is 8.56. The maximum atomic E-state index is 11.2. The average molecular weight is 331 g/mol. The van der Waals surface area contributed by atoms with Crippen LogP contribution >= 0.6 is 23.5 Å². The van der Waals surface area contributed by atoms with Crippen molar-refractivity contribution in [2.24, 2.45) is 5.92 Å². The summed E-state index contributed by atoms with van der Waals surface area (Å²) < 4.78 is 0. The van der Waals surface area contributed by atoms with Crippen LogP contribution in [0.25, 0.3) is 0 Å². The van der Waals surface area contributed by atoms with Gasteiger partial charge in [-0.25, -0.2) is 4.79 Å². The number of carboxylic acid groups (broad SMARTS) is 1. The van der Waals surface area contributed by atoms with Crippen molar-refractivity contribution in [3.63, 3.8) is 0 Å². The van der Waals surface area contributed by atoms with E-state index in [-0.39, 0.29) is 17.2 Å². The van der Waals surface area contributed by atoms with Crippen LogP contribution in [0.3, 0.4) is 0 Å². The molecule has 0 fully saturated rings. The van der Waals surface area contributed by atoms with Crippen LogP contribution in [0.15, 0.2) is 23.1 Å². The zero-order chi connectivity index (χ0) is 16.0. The van der Waals surface area contributed by atoms with Gasteiger partial charge in [0.15, 0.2) is 0 Å². The van der Waals surface area contributed by atoms with Crippen LogP contribution in [0.4, 0.5) is 5.69 Å². The Balaban J connectivity index is 2.83. The van der Waals surface area contributed by atoms with Crippen molar-refractivity contribution >= 4 is 35.2 Å². The first-order valence-electron chi connectivity index (χ1n) is 6.18. The van der Waals surface area contributed by atoms with Gasteiger partial charge in [-0.15, -0.1) is 11.8 Å². The number of carboxylic acids is 1. The van der Waals surface area contributed by atoms with Gasteiger partial charge in [0, 0.05) is 28.5 Å². The first kappa shape index (κ1) is 17.8. The number of nitro benzene ring substituents is 1. The molecule has 116 valence electrons. The average Bonchev–Trinajstić information content (AvgIpc) is 2.44. The third-order valence-electron chi connectivity index (χ3n) is 2.90. The number of aromatic carboxylic acids is 1. The Kier molecular flexibility index (Phi) is 7.00. The molecule has 0 heterocycles. The normalized spacial score (nSPS) is 13.7. The van der Waals surface area contributed by atoms with Gasteiger partial charge in [0.2, 0.25) is 0 Å². The van der Waals surface area contributed by atoms with Crippen LogP contribution in [0, 0.1) is 16.0 Å². The number of benzene rings is 1. The van der Waals surface area contributed by atoms with Crippen molar-refractivity contribution < 1.29 is 19.9 Å². The molecule has 2 atom stereocenters. The lowest BCUT2D eigenvalue weighted by Gasteiger charge is -2.17. The molecule has 0 aliphatic rings. The predicted octanol–water partition coefficient (Wildman–Crippen LogP) is 2.75. The summed E-state index contributed by atoms with van der Waals surface area (Å²) in [6.45, 7) is 1.89. The number of aliphatic hydroxyl groups excluding tert-OH is 1. The van der Waals surface area contributed by atoms with Crippen LogP contribution < -0.4 is 0 Å². The first-order chi connectivity index (χ1) is 9.86. The maximum absolute atomic E-state index is 11.2. The Morgan fingerprint density at radius 2 is 2.10 bits per heavy atom. The topological polar surface area (TPSA) is 101 Å². The lowest BCUT2D eigenvalue weighted by molar-refractivity contribution is -0.384. The van der Waals surface area contributed by atoms with Crippen molar-refractivity contribution in [1.82, 2.24) is 0 Å². The molecular weight excluding hydrogens is 314 g/mol. The second-order valence-corrected chi connectivity index (χ2v) is 6.53. The van der Waals surface area contributed by atoms with Gasteiger partial charge in [-0.2, -0.15) is 11.8 Å². The lowest BCUT2D eigenvalue weighted by atomic mass is 10.1. The van der Waals surface area contributed by atoms with Crippen molar-refractivity contribution in [2.45, 2.75) is 17.9 Å². The fourth-order valence-corrected chi connectivity index (χ4v) is 3.39. The second kappa shape index (κ2) is 8.26. The number of thioether (sulfide) groups is 2. The predicted molar refractivity (Wildman–Crippen MR) is 84.3 cm³/mol. The van der Waals surface area contributed by atoms with Gasteiger partial charge in [-0.05, 0) is 18.2 Å². The molecule has 0 spiro atoms.